The molecule has 10 heteroatoms. The maximum atomic E-state index is 13.9. The molecular formula is C33H50N4O5S. The number of sulfonamides is 1. The molecule has 0 aromatic heterocycles. The van der Waals surface area contributed by atoms with E-state index in [0.29, 0.717) is 19.4 Å². The molecule has 0 bridgehead atoms. The van der Waals surface area contributed by atoms with E-state index in [9.17, 15) is 18.0 Å². The summed E-state index contributed by atoms with van der Waals surface area (Å²) in [6.45, 7) is 8.67. The van der Waals surface area contributed by atoms with Crippen LogP contribution in [0.2, 0.25) is 0 Å². The highest BCUT2D eigenvalue weighted by atomic mass is 32.2. The number of carbonyl (C=O) groups is 2. The van der Waals surface area contributed by atoms with Gasteiger partial charge in [-0.2, -0.15) is 0 Å². The Morgan fingerprint density at radius 3 is 2.09 bits per heavy atom. The molecule has 0 fully saturated rings. The van der Waals surface area contributed by atoms with E-state index in [1.54, 1.807) is 0 Å². The van der Waals surface area contributed by atoms with Crippen LogP contribution in [-0.4, -0.2) is 62.5 Å². The summed E-state index contributed by atoms with van der Waals surface area (Å²) < 4.78 is 27.7. The standard InChI is InChI=1S/C33H50N4O5S/c1-26(2)23-31(32(38)34-37(24-27(3)4)43(40,41)22-14-21-36(5)6)30(20-13-19-28-15-9-7-10-16-28)33(39)35-42-25-29-17-11-8-12-18-29/h7-13,15-19,26-27,30-31H,14,20-25H2,1-6H3,(H,34,38)(H,35,39)/b19-13+/t30-,31+/m0/s1. The lowest BCUT2D eigenvalue weighted by Gasteiger charge is -2.30. The SMILES string of the molecule is CC(C)C[C@@H](C(=O)NN(CC(C)C)S(=O)(=O)CCCN(C)C)[C@H](C/C=C/c1ccccc1)C(=O)NOCc1ccccc1. The molecule has 0 aliphatic rings. The quantitative estimate of drug-likeness (QED) is 0.218. The van der Waals surface area contributed by atoms with Crippen LogP contribution in [0.4, 0.5) is 0 Å². The van der Waals surface area contributed by atoms with Gasteiger partial charge in [0.2, 0.25) is 21.8 Å². The molecule has 0 aliphatic heterocycles. The van der Waals surface area contributed by atoms with E-state index < -0.39 is 33.7 Å². The summed E-state index contributed by atoms with van der Waals surface area (Å²) in [4.78, 5) is 35.0. The minimum atomic E-state index is -3.78. The minimum Gasteiger partial charge on any atom is -0.309 e. The lowest BCUT2D eigenvalue weighted by Crippen LogP contribution is -2.52. The molecule has 2 aromatic carbocycles. The van der Waals surface area contributed by atoms with Crippen molar-refractivity contribution < 1.29 is 22.8 Å². The van der Waals surface area contributed by atoms with Crippen LogP contribution in [0.1, 0.15) is 58.1 Å². The first-order chi connectivity index (χ1) is 20.4. The van der Waals surface area contributed by atoms with Gasteiger partial charge in [0.25, 0.3) is 0 Å². The monoisotopic (exact) mass is 614 g/mol. The fourth-order valence-corrected chi connectivity index (χ4v) is 6.08. The molecular weight excluding hydrogens is 564 g/mol. The Morgan fingerprint density at radius 1 is 0.884 bits per heavy atom. The van der Waals surface area contributed by atoms with Crippen molar-refractivity contribution in [2.75, 3.05) is 32.9 Å². The van der Waals surface area contributed by atoms with Crippen LogP contribution < -0.4 is 10.9 Å². The number of hydrogen-bond acceptors (Lipinski definition) is 6. The van der Waals surface area contributed by atoms with E-state index in [-0.39, 0.29) is 37.2 Å². The van der Waals surface area contributed by atoms with Crippen LogP contribution in [0.15, 0.2) is 66.7 Å². The number of hydrazine groups is 1. The van der Waals surface area contributed by atoms with Crippen molar-refractivity contribution in [3.05, 3.63) is 77.9 Å². The highest BCUT2D eigenvalue weighted by Crippen LogP contribution is 2.26. The van der Waals surface area contributed by atoms with Crippen molar-refractivity contribution in [1.82, 2.24) is 20.2 Å². The predicted octanol–water partition coefficient (Wildman–Crippen LogP) is 4.89. The molecule has 2 atom stereocenters. The van der Waals surface area contributed by atoms with Gasteiger partial charge in [-0.1, -0.05) is 101 Å². The van der Waals surface area contributed by atoms with E-state index in [2.05, 4.69) is 10.9 Å². The van der Waals surface area contributed by atoms with Crippen molar-refractivity contribution in [3.8, 4) is 0 Å². The highest BCUT2D eigenvalue weighted by molar-refractivity contribution is 7.89. The molecule has 2 rings (SSSR count). The lowest BCUT2D eigenvalue weighted by atomic mass is 9.82. The number of benzene rings is 2. The smallest absolute Gasteiger partial charge is 0.247 e. The number of amides is 2. The third-order valence-corrected chi connectivity index (χ3v) is 8.46. The summed E-state index contributed by atoms with van der Waals surface area (Å²) in [6, 6.07) is 19.2. The van der Waals surface area contributed by atoms with Crippen LogP contribution in [0.5, 0.6) is 0 Å². The maximum Gasteiger partial charge on any atom is 0.247 e. The van der Waals surface area contributed by atoms with Crippen LogP contribution in [0.3, 0.4) is 0 Å². The fourth-order valence-electron chi connectivity index (χ4n) is 4.61. The Morgan fingerprint density at radius 2 is 1.51 bits per heavy atom. The van der Waals surface area contributed by atoms with E-state index in [0.717, 1.165) is 15.5 Å². The maximum absolute atomic E-state index is 13.9. The van der Waals surface area contributed by atoms with Crippen LogP contribution in [-0.2, 0) is 31.1 Å². The Kier molecular flexibility index (Phi) is 15.6. The van der Waals surface area contributed by atoms with Gasteiger partial charge in [0, 0.05) is 6.54 Å². The molecule has 238 valence electrons. The highest BCUT2D eigenvalue weighted by Gasteiger charge is 2.36. The summed E-state index contributed by atoms with van der Waals surface area (Å²) in [5.41, 5.74) is 7.12. The number of nitrogens with one attached hydrogen (secondary N) is 2. The molecule has 9 nitrogen and oxygen atoms in total. The van der Waals surface area contributed by atoms with Crippen molar-refractivity contribution in [1.29, 1.82) is 0 Å². The molecule has 0 saturated carbocycles. The van der Waals surface area contributed by atoms with Crippen molar-refractivity contribution in [3.63, 3.8) is 0 Å². The predicted molar refractivity (Wildman–Crippen MR) is 173 cm³/mol. The largest absolute Gasteiger partial charge is 0.309 e. The molecule has 0 spiro atoms. The molecule has 0 radical (unpaired) electrons. The average molecular weight is 615 g/mol. The summed E-state index contributed by atoms with van der Waals surface area (Å²) in [7, 11) is -0.00501. The molecule has 2 aromatic rings. The molecule has 0 aliphatic carbocycles. The number of allylic oxidation sites excluding steroid dienone is 1. The second-order valence-electron chi connectivity index (χ2n) is 12.0. The Labute approximate surface area is 258 Å². The van der Waals surface area contributed by atoms with Gasteiger partial charge in [0.1, 0.15) is 0 Å². The van der Waals surface area contributed by atoms with Gasteiger partial charge in [-0.25, -0.2) is 13.9 Å². The molecule has 2 N–H and O–H groups in total. The molecule has 0 unspecified atom stereocenters. The zero-order valence-corrected chi connectivity index (χ0v) is 27.3. The Balaban J connectivity index is 2.31. The van der Waals surface area contributed by atoms with Crippen molar-refractivity contribution in [2.45, 2.75) is 53.6 Å². The summed E-state index contributed by atoms with van der Waals surface area (Å²) in [6.07, 6.45) is 4.87. The average Bonchev–Trinajstić information content (AvgIpc) is 2.94. The topological polar surface area (TPSA) is 108 Å². The third-order valence-electron chi connectivity index (χ3n) is 6.75. The van der Waals surface area contributed by atoms with Gasteiger partial charge in [-0.3, -0.25) is 19.9 Å². The number of nitrogens with zero attached hydrogens (tertiary/aromatic N) is 2. The summed E-state index contributed by atoms with van der Waals surface area (Å²) in [5.74, 6) is -2.57. The van der Waals surface area contributed by atoms with Gasteiger partial charge in [-0.05, 0) is 62.9 Å². The number of rotatable bonds is 19. The van der Waals surface area contributed by atoms with Gasteiger partial charge < -0.3 is 4.90 Å². The van der Waals surface area contributed by atoms with E-state index >= 15 is 0 Å². The number of hydroxylamine groups is 1. The second kappa shape index (κ2) is 18.6. The Hall–Kier alpha value is -3.05. The molecule has 0 saturated heterocycles. The molecule has 0 heterocycles. The number of carbonyl (C=O) groups excluding carboxylic acids is 2. The zero-order chi connectivity index (χ0) is 31.8. The van der Waals surface area contributed by atoms with Crippen LogP contribution in [0.25, 0.3) is 6.08 Å². The first-order valence-electron chi connectivity index (χ1n) is 15.0. The fraction of sp³-hybridized carbons (Fsp3) is 0.515. The van der Waals surface area contributed by atoms with Gasteiger partial charge in [0.05, 0.1) is 24.2 Å². The van der Waals surface area contributed by atoms with Crippen LogP contribution in [0, 0.1) is 23.7 Å². The first kappa shape index (κ1) is 36.1. The van der Waals surface area contributed by atoms with E-state index in [1.165, 1.54) is 0 Å². The van der Waals surface area contributed by atoms with Crippen molar-refractivity contribution in [2.24, 2.45) is 23.7 Å². The van der Waals surface area contributed by atoms with E-state index in [4.69, 9.17) is 4.84 Å². The van der Waals surface area contributed by atoms with Gasteiger partial charge >= 0.3 is 0 Å². The lowest BCUT2D eigenvalue weighted by molar-refractivity contribution is -0.145. The summed E-state index contributed by atoms with van der Waals surface area (Å²) >= 11 is 0. The minimum absolute atomic E-state index is 0.0215. The molecule has 43 heavy (non-hydrogen) atoms. The molecule has 2 amide bonds. The third kappa shape index (κ3) is 13.9. The number of hydrogen-bond donors (Lipinski definition) is 2. The van der Waals surface area contributed by atoms with E-state index in [1.807, 2.05) is 120 Å². The second-order valence-corrected chi connectivity index (χ2v) is 14.0. The van der Waals surface area contributed by atoms with Crippen molar-refractivity contribution >= 4 is 27.9 Å². The van der Waals surface area contributed by atoms with Crippen LogP contribution >= 0.6 is 0 Å². The first-order valence-corrected chi connectivity index (χ1v) is 16.6. The van der Waals surface area contributed by atoms with Gasteiger partial charge in [-0.15, -0.1) is 4.41 Å². The zero-order valence-electron chi connectivity index (χ0n) is 26.5. The summed E-state index contributed by atoms with van der Waals surface area (Å²) in [5, 5.41) is 0. The Bertz CT molecular complexity index is 1230. The normalized spacial score (nSPS) is 13.6. The van der Waals surface area contributed by atoms with Gasteiger partial charge in [0.15, 0.2) is 0 Å².